The van der Waals surface area contributed by atoms with E-state index in [1.54, 1.807) is 0 Å². The molecule has 1 nitrogen and oxygen atoms in total. The van der Waals surface area contributed by atoms with Gasteiger partial charge >= 0.3 is 0 Å². The zero-order valence-corrected chi connectivity index (χ0v) is 17.1. The molecule has 1 aromatic heterocycles. The quantitative estimate of drug-likeness (QED) is 0.280. The number of para-hydroxylation sites is 1. The monoisotopic (exact) mass is 401 g/mol. The van der Waals surface area contributed by atoms with Gasteiger partial charge < -0.3 is 4.57 Å². The van der Waals surface area contributed by atoms with Crippen LogP contribution in [0.2, 0.25) is 0 Å². The van der Waals surface area contributed by atoms with E-state index in [-0.39, 0.29) is 0 Å². The Hall–Kier alpha value is -3.23. The molecule has 1 aliphatic carbocycles. The number of thioether (sulfide) groups is 1. The van der Waals surface area contributed by atoms with Crippen molar-refractivity contribution in [2.75, 3.05) is 0 Å². The minimum absolute atomic E-state index is 0.476. The highest BCUT2D eigenvalue weighted by molar-refractivity contribution is 8.00. The van der Waals surface area contributed by atoms with E-state index in [9.17, 15) is 0 Å². The van der Waals surface area contributed by atoms with Crippen LogP contribution in [0.1, 0.15) is 11.5 Å². The van der Waals surface area contributed by atoms with E-state index >= 15 is 0 Å². The number of hydrogen-bond acceptors (Lipinski definition) is 1. The van der Waals surface area contributed by atoms with Crippen molar-refractivity contribution < 1.29 is 0 Å². The van der Waals surface area contributed by atoms with Crippen molar-refractivity contribution in [1.82, 2.24) is 4.57 Å². The fourth-order valence-electron chi connectivity index (χ4n) is 5.10. The van der Waals surface area contributed by atoms with Gasteiger partial charge in [0.05, 0.1) is 11.0 Å². The minimum atomic E-state index is 0.476. The van der Waals surface area contributed by atoms with E-state index in [4.69, 9.17) is 0 Å². The Morgan fingerprint density at radius 2 is 1.47 bits per heavy atom. The van der Waals surface area contributed by atoms with Crippen molar-refractivity contribution in [3.63, 3.8) is 0 Å². The summed E-state index contributed by atoms with van der Waals surface area (Å²) in [5.41, 5.74) is 5.24. The number of benzene rings is 4. The highest BCUT2D eigenvalue weighted by Crippen LogP contribution is 2.49. The van der Waals surface area contributed by atoms with Crippen LogP contribution in [0.4, 0.5) is 0 Å². The van der Waals surface area contributed by atoms with Crippen LogP contribution in [-0.4, -0.2) is 9.82 Å². The summed E-state index contributed by atoms with van der Waals surface area (Å²) >= 11 is 1.99. The maximum Gasteiger partial charge on any atom is 0.0547 e. The van der Waals surface area contributed by atoms with E-state index in [1.165, 1.54) is 48.7 Å². The largest absolute Gasteiger partial charge is 0.309 e. The molecule has 0 saturated carbocycles. The number of fused-ring (bicyclic) bond motifs is 7. The van der Waals surface area contributed by atoms with Crippen molar-refractivity contribution in [1.29, 1.82) is 0 Å². The lowest BCUT2D eigenvalue weighted by atomic mass is 9.92. The van der Waals surface area contributed by atoms with E-state index in [1.807, 2.05) is 11.8 Å². The number of hydrogen-bond donors (Lipinski definition) is 0. The number of allylic oxidation sites excluding steroid dienone is 3. The molecule has 4 aromatic carbocycles. The second kappa shape index (κ2) is 6.13. The Morgan fingerprint density at radius 1 is 0.667 bits per heavy atom. The van der Waals surface area contributed by atoms with Crippen LogP contribution in [-0.2, 0) is 0 Å². The molecular formula is C28H19NS. The van der Waals surface area contributed by atoms with Crippen molar-refractivity contribution in [2.24, 2.45) is 0 Å². The molecule has 7 rings (SSSR count). The first-order valence-electron chi connectivity index (χ1n) is 10.4. The first-order valence-corrected chi connectivity index (χ1v) is 11.3. The summed E-state index contributed by atoms with van der Waals surface area (Å²) in [6.07, 6.45) is 9.06. The predicted octanol–water partition coefficient (Wildman–Crippen LogP) is 7.62. The second-order valence-corrected chi connectivity index (χ2v) is 9.39. The smallest absolute Gasteiger partial charge is 0.0547 e. The van der Waals surface area contributed by atoms with Gasteiger partial charge in [-0.25, -0.2) is 0 Å². The van der Waals surface area contributed by atoms with Crippen LogP contribution in [0.5, 0.6) is 0 Å². The molecule has 2 aliphatic rings. The SMILES string of the molecule is C1=CC2Sc3ccc(-n4c5ccccc5c5cc6ccccc6cc54)cc3C2C=C1. The molecule has 5 aromatic rings. The minimum Gasteiger partial charge on any atom is -0.309 e. The Kier molecular flexibility index (Phi) is 3.38. The normalized spacial score (nSPS) is 19.6. The van der Waals surface area contributed by atoms with Crippen LogP contribution in [0.25, 0.3) is 38.3 Å². The lowest BCUT2D eigenvalue weighted by Crippen LogP contribution is -2.07. The van der Waals surface area contributed by atoms with E-state index in [0.29, 0.717) is 11.2 Å². The summed E-state index contributed by atoms with van der Waals surface area (Å²) in [5, 5.41) is 5.73. The summed E-state index contributed by atoms with van der Waals surface area (Å²) < 4.78 is 2.44. The highest BCUT2D eigenvalue weighted by Gasteiger charge is 2.31. The van der Waals surface area contributed by atoms with Crippen LogP contribution in [0, 0.1) is 0 Å². The predicted molar refractivity (Wildman–Crippen MR) is 129 cm³/mol. The maximum atomic E-state index is 2.44. The first-order chi connectivity index (χ1) is 14.9. The van der Waals surface area contributed by atoms with Gasteiger partial charge in [0.25, 0.3) is 0 Å². The van der Waals surface area contributed by atoms with Gasteiger partial charge in [0.15, 0.2) is 0 Å². The second-order valence-electron chi connectivity index (χ2n) is 8.17. The molecule has 2 atom stereocenters. The van der Waals surface area contributed by atoms with E-state index < -0.39 is 0 Å². The topological polar surface area (TPSA) is 4.93 Å². The fourth-order valence-corrected chi connectivity index (χ4v) is 6.43. The molecule has 0 bridgehead atoms. The third-order valence-corrected chi connectivity index (χ3v) is 7.85. The molecule has 2 heteroatoms. The Labute approximate surface area is 179 Å². The molecule has 30 heavy (non-hydrogen) atoms. The summed E-state index contributed by atoms with van der Waals surface area (Å²) in [6.45, 7) is 0. The molecule has 2 unspecified atom stereocenters. The van der Waals surface area contributed by atoms with Gasteiger partial charge in [0.2, 0.25) is 0 Å². The Balaban J connectivity index is 1.54. The van der Waals surface area contributed by atoms with Gasteiger partial charge in [-0.3, -0.25) is 0 Å². The lowest BCUT2D eigenvalue weighted by molar-refractivity contribution is 0.878. The molecule has 0 N–H and O–H groups in total. The molecule has 0 spiro atoms. The lowest BCUT2D eigenvalue weighted by Gasteiger charge is -2.15. The summed E-state index contributed by atoms with van der Waals surface area (Å²) in [7, 11) is 0. The summed E-state index contributed by atoms with van der Waals surface area (Å²) in [4.78, 5) is 1.41. The molecule has 0 fully saturated rings. The Bertz CT molecular complexity index is 1540. The fraction of sp³-hybridized carbons (Fsp3) is 0.0714. The molecule has 2 heterocycles. The number of nitrogens with zero attached hydrogens (tertiary/aromatic N) is 1. The molecule has 0 radical (unpaired) electrons. The molecule has 0 saturated heterocycles. The van der Waals surface area contributed by atoms with Crippen molar-refractivity contribution in [3.8, 4) is 5.69 Å². The van der Waals surface area contributed by atoms with Crippen LogP contribution in [0.15, 0.2) is 108 Å². The van der Waals surface area contributed by atoms with Crippen LogP contribution in [0.3, 0.4) is 0 Å². The Morgan fingerprint density at radius 3 is 2.40 bits per heavy atom. The molecule has 1 aliphatic heterocycles. The molecule has 142 valence electrons. The molecular weight excluding hydrogens is 382 g/mol. The third kappa shape index (κ3) is 2.26. The third-order valence-electron chi connectivity index (χ3n) is 6.50. The summed E-state index contributed by atoms with van der Waals surface area (Å²) in [5.74, 6) is 0.476. The van der Waals surface area contributed by atoms with Gasteiger partial charge in [-0.15, -0.1) is 11.8 Å². The zero-order valence-electron chi connectivity index (χ0n) is 16.3. The first kappa shape index (κ1) is 16.6. The van der Waals surface area contributed by atoms with E-state index in [2.05, 4.69) is 108 Å². The van der Waals surface area contributed by atoms with Gasteiger partial charge in [0, 0.05) is 32.5 Å². The average molecular weight is 402 g/mol. The number of aromatic nitrogens is 1. The van der Waals surface area contributed by atoms with Crippen LogP contribution >= 0.6 is 11.8 Å². The van der Waals surface area contributed by atoms with Gasteiger partial charge in [-0.05, 0) is 52.7 Å². The summed E-state index contributed by atoms with van der Waals surface area (Å²) in [6, 6.07) is 29.1. The van der Waals surface area contributed by atoms with Gasteiger partial charge in [-0.2, -0.15) is 0 Å². The van der Waals surface area contributed by atoms with Crippen molar-refractivity contribution in [3.05, 3.63) is 109 Å². The maximum absolute atomic E-state index is 2.44. The average Bonchev–Trinajstić information content (AvgIpc) is 3.32. The zero-order chi connectivity index (χ0) is 19.7. The highest BCUT2D eigenvalue weighted by atomic mass is 32.2. The molecule has 0 amide bonds. The van der Waals surface area contributed by atoms with Gasteiger partial charge in [0.1, 0.15) is 0 Å². The van der Waals surface area contributed by atoms with E-state index in [0.717, 1.165) is 0 Å². The van der Waals surface area contributed by atoms with Crippen molar-refractivity contribution in [2.45, 2.75) is 16.1 Å². The standard InChI is InChI=1S/C28H19NS/c1-2-8-19-16-26-23(15-18(19)7-1)21-9-3-5-11-25(21)29(26)20-13-14-28-24(17-20)22-10-4-6-12-27(22)30-28/h1-17,22,27H. The van der Waals surface area contributed by atoms with Gasteiger partial charge in [-0.1, -0.05) is 66.8 Å². The van der Waals surface area contributed by atoms with Crippen LogP contribution < -0.4 is 0 Å². The van der Waals surface area contributed by atoms with Crippen molar-refractivity contribution >= 4 is 44.3 Å². The number of rotatable bonds is 1.